The van der Waals surface area contributed by atoms with Crippen LogP contribution < -0.4 is 4.74 Å². The van der Waals surface area contributed by atoms with Gasteiger partial charge >= 0.3 is 0 Å². The number of furan rings is 1. The molecule has 1 fully saturated rings. The Morgan fingerprint density at radius 3 is 2.55 bits per heavy atom. The summed E-state index contributed by atoms with van der Waals surface area (Å²) in [7, 11) is 4.02. The van der Waals surface area contributed by atoms with Crippen molar-refractivity contribution < 1.29 is 13.9 Å². The average Bonchev–Trinajstić information content (AvgIpc) is 3.12. The van der Waals surface area contributed by atoms with Crippen LogP contribution in [0.5, 0.6) is 5.75 Å². The fourth-order valence-corrected chi connectivity index (χ4v) is 3.98. The molecule has 0 unspecified atom stereocenters. The number of rotatable bonds is 6. The van der Waals surface area contributed by atoms with E-state index < -0.39 is 0 Å². The normalized spacial score (nSPS) is 15.5. The summed E-state index contributed by atoms with van der Waals surface area (Å²) in [6.45, 7) is 3.23. The molecule has 0 aliphatic carbocycles. The number of ether oxygens (including phenoxy) is 1. The van der Waals surface area contributed by atoms with E-state index in [0.717, 1.165) is 54.8 Å². The molecule has 0 bridgehead atoms. The number of hydrogen-bond acceptors (Lipinski definition) is 4. The zero-order chi connectivity index (χ0) is 20.2. The fraction of sp³-hybridized carbons (Fsp3) is 0.375. The van der Waals surface area contributed by atoms with Gasteiger partial charge < -0.3 is 19.0 Å². The molecule has 1 saturated heterocycles. The van der Waals surface area contributed by atoms with Crippen molar-refractivity contribution in [3.05, 3.63) is 65.9 Å². The zero-order valence-electron chi connectivity index (χ0n) is 17.1. The van der Waals surface area contributed by atoms with Crippen molar-refractivity contribution in [1.82, 2.24) is 9.80 Å². The van der Waals surface area contributed by atoms with Crippen LogP contribution in [0.15, 0.2) is 59.0 Å². The standard InChI is InChI=1S/C24H28N2O3/c1-25-14-12-18(13-15-25)16-26(2)24(27)23-21(17-28-19-8-4-3-5-9-19)20-10-6-7-11-22(20)29-23/h3-11,18H,12-17H2,1-2H3. The second-order valence-corrected chi connectivity index (χ2v) is 7.94. The number of carbonyl (C=O) groups excluding carboxylic acids is 1. The number of amides is 1. The first kappa shape index (κ1) is 19.5. The Kier molecular flexibility index (Phi) is 5.86. The van der Waals surface area contributed by atoms with Crippen LogP contribution in [0, 0.1) is 5.92 Å². The van der Waals surface area contributed by atoms with Gasteiger partial charge in [0.2, 0.25) is 0 Å². The topological polar surface area (TPSA) is 45.9 Å². The van der Waals surface area contributed by atoms with E-state index >= 15 is 0 Å². The Morgan fingerprint density at radius 2 is 1.79 bits per heavy atom. The van der Waals surface area contributed by atoms with Gasteiger partial charge in [0.1, 0.15) is 17.9 Å². The van der Waals surface area contributed by atoms with E-state index in [-0.39, 0.29) is 5.91 Å². The molecule has 4 rings (SSSR count). The molecule has 0 saturated carbocycles. The Balaban J connectivity index is 1.54. The van der Waals surface area contributed by atoms with Crippen molar-refractivity contribution in [3.63, 3.8) is 0 Å². The van der Waals surface area contributed by atoms with Crippen molar-refractivity contribution in [1.29, 1.82) is 0 Å². The maximum atomic E-state index is 13.3. The van der Waals surface area contributed by atoms with Crippen molar-refractivity contribution in [2.75, 3.05) is 33.7 Å². The summed E-state index contributed by atoms with van der Waals surface area (Å²) in [5, 5.41) is 0.930. The van der Waals surface area contributed by atoms with Gasteiger partial charge in [-0.2, -0.15) is 0 Å². The van der Waals surface area contributed by atoms with Crippen LogP contribution in [0.3, 0.4) is 0 Å². The predicted octanol–water partition coefficient (Wildman–Crippen LogP) is 4.43. The van der Waals surface area contributed by atoms with Gasteiger partial charge in [-0.15, -0.1) is 0 Å². The molecular weight excluding hydrogens is 364 g/mol. The lowest BCUT2D eigenvalue weighted by Gasteiger charge is -2.31. The molecule has 152 valence electrons. The van der Waals surface area contributed by atoms with Gasteiger partial charge in [-0.25, -0.2) is 0 Å². The van der Waals surface area contributed by atoms with E-state index in [2.05, 4.69) is 11.9 Å². The van der Waals surface area contributed by atoms with E-state index in [1.165, 1.54) is 0 Å². The van der Waals surface area contributed by atoms with Gasteiger partial charge in [0, 0.05) is 24.5 Å². The smallest absolute Gasteiger partial charge is 0.289 e. The van der Waals surface area contributed by atoms with Crippen molar-refractivity contribution in [2.45, 2.75) is 19.4 Å². The van der Waals surface area contributed by atoms with Gasteiger partial charge in [0.25, 0.3) is 5.91 Å². The number of piperidine rings is 1. The highest BCUT2D eigenvalue weighted by Crippen LogP contribution is 2.29. The highest BCUT2D eigenvalue weighted by molar-refractivity contribution is 5.99. The van der Waals surface area contributed by atoms with Crippen LogP contribution in [-0.2, 0) is 6.61 Å². The zero-order valence-corrected chi connectivity index (χ0v) is 17.1. The van der Waals surface area contributed by atoms with Crippen LogP contribution in [0.1, 0.15) is 29.0 Å². The predicted molar refractivity (Wildman–Crippen MR) is 114 cm³/mol. The molecule has 5 heteroatoms. The second kappa shape index (κ2) is 8.70. The van der Waals surface area contributed by atoms with E-state index in [4.69, 9.17) is 9.15 Å². The van der Waals surface area contributed by atoms with Crippen molar-refractivity contribution in [2.24, 2.45) is 5.92 Å². The third-order valence-corrected chi connectivity index (χ3v) is 5.74. The van der Waals surface area contributed by atoms with Gasteiger partial charge in [0.15, 0.2) is 5.76 Å². The second-order valence-electron chi connectivity index (χ2n) is 7.94. The van der Waals surface area contributed by atoms with Crippen LogP contribution in [0.2, 0.25) is 0 Å². The summed E-state index contributed by atoms with van der Waals surface area (Å²) in [5.41, 5.74) is 1.53. The summed E-state index contributed by atoms with van der Waals surface area (Å²) in [6, 6.07) is 17.4. The molecule has 0 atom stereocenters. The third-order valence-electron chi connectivity index (χ3n) is 5.74. The largest absolute Gasteiger partial charge is 0.489 e. The molecule has 0 spiro atoms. The Bertz CT molecular complexity index is 959. The summed E-state index contributed by atoms with van der Waals surface area (Å²) in [6.07, 6.45) is 2.25. The van der Waals surface area contributed by atoms with E-state index in [0.29, 0.717) is 18.3 Å². The molecular formula is C24H28N2O3. The summed E-state index contributed by atoms with van der Waals surface area (Å²) in [4.78, 5) is 17.4. The minimum absolute atomic E-state index is 0.0770. The average molecular weight is 392 g/mol. The molecule has 0 N–H and O–H groups in total. The van der Waals surface area contributed by atoms with Crippen LogP contribution in [0.25, 0.3) is 11.0 Å². The first-order valence-corrected chi connectivity index (χ1v) is 10.2. The van der Waals surface area contributed by atoms with Crippen LogP contribution in [0.4, 0.5) is 0 Å². The number of para-hydroxylation sites is 2. The van der Waals surface area contributed by atoms with E-state index in [1.54, 1.807) is 4.90 Å². The Morgan fingerprint density at radius 1 is 1.10 bits per heavy atom. The lowest BCUT2D eigenvalue weighted by Crippen LogP contribution is -2.38. The summed E-state index contributed by atoms with van der Waals surface area (Å²) in [5.74, 6) is 1.62. The van der Waals surface area contributed by atoms with Gasteiger partial charge in [0.05, 0.1) is 0 Å². The van der Waals surface area contributed by atoms with Crippen LogP contribution in [-0.4, -0.2) is 49.4 Å². The van der Waals surface area contributed by atoms with E-state index in [9.17, 15) is 4.79 Å². The van der Waals surface area contributed by atoms with Crippen molar-refractivity contribution in [3.8, 4) is 5.75 Å². The third kappa shape index (κ3) is 4.46. The maximum Gasteiger partial charge on any atom is 0.289 e. The molecule has 0 radical (unpaired) electrons. The van der Waals surface area contributed by atoms with Gasteiger partial charge in [-0.3, -0.25) is 4.79 Å². The SMILES string of the molecule is CN1CCC(CN(C)C(=O)c2oc3ccccc3c2COc2ccccc2)CC1. The number of fused-ring (bicyclic) bond motifs is 1. The molecule has 1 aliphatic heterocycles. The molecule has 3 aromatic rings. The lowest BCUT2D eigenvalue weighted by atomic mass is 9.96. The molecule has 1 aromatic heterocycles. The Hall–Kier alpha value is -2.79. The molecule has 2 aromatic carbocycles. The Labute approximate surface area is 171 Å². The highest BCUT2D eigenvalue weighted by atomic mass is 16.5. The molecule has 2 heterocycles. The highest BCUT2D eigenvalue weighted by Gasteiger charge is 2.26. The molecule has 1 aliphatic rings. The number of hydrogen-bond donors (Lipinski definition) is 0. The number of benzene rings is 2. The number of likely N-dealkylation sites (tertiary alicyclic amines) is 1. The fourth-order valence-electron chi connectivity index (χ4n) is 3.98. The molecule has 29 heavy (non-hydrogen) atoms. The van der Waals surface area contributed by atoms with E-state index in [1.807, 2.05) is 61.6 Å². The first-order valence-electron chi connectivity index (χ1n) is 10.2. The molecule has 5 nitrogen and oxygen atoms in total. The minimum atomic E-state index is -0.0770. The monoisotopic (exact) mass is 392 g/mol. The minimum Gasteiger partial charge on any atom is -0.489 e. The van der Waals surface area contributed by atoms with Gasteiger partial charge in [-0.1, -0.05) is 36.4 Å². The number of nitrogens with zero attached hydrogens (tertiary/aromatic N) is 2. The van der Waals surface area contributed by atoms with Crippen LogP contribution >= 0.6 is 0 Å². The van der Waals surface area contributed by atoms with Crippen molar-refractivity contribution >= 4 is 16.9 Å². The summed E-state index contributed by atoms with van der Waals surface area (Å²) < 4.78 is 12.0. The lowest BCUT2D eigenvalue weighted by molar-refractivity contribution is 0.0715. The molecule has 1 amide bonds. The quantitative estimate of drug-likeness (QED) is 0.623. The first-order chi connectivity index (χ1) is 14.1. The number of carbonyl (C=O) groups is 1. The maximum absolute atomic E-state index is 13.3. The van der Waals surface area contributed by atoms with Gasteiger partial charge in [-0.05, 0) is 57.1 Å². The summed E-state index contributed by atoms with van der Waals surface area (Å²) >= 11 is 0.